The third kappa shape index (κ3) is 11.7. The Morgan fingerprint density at radius 2 is 1.17 bits per heavy atom. The Morgan fingerprint density at radius 1 is 0.800 bits per heavy atom. The van der Waals surface area contributed by atoms with Crippen molar-refractivity contribution in [1.82, 2.24) is 21.3 Å². The van der Waals surface area contributed by atoms with Gasteiger partial charge in [-0.3, -0.25) is 15.2 Å². The number of ether oxygens (including phenoxy) is 2. The SMILES string of the molecule is C[C@@H](CNC(NC[C@H](C)NC(=O)OC(C)(C)C)=[N+]1CCCC1)NC(=O)OC(C)(C)C. The zero-order valence-electron chi connectivity index (χ0n) is 20.0. The van der Waals surface area contributed by atoms with Crippen LogP contribution in [0, 0.1) is 0 Å². The highest BCUT2D eigenvalue weighted by molar-refractivity contribution is 5.75. The van der Waals surface area contributed by atoms with Crippen molar-refractivity contribution in [3.05, 3.63) is 0 Å². The minimum Gasteiger partial charge on any atom is -0.444 e. The van der Waals surface area contributed by atoms with Crippen molar-refractivity contribution in [2.75, 3.05) is 26.2 Å². The largest absolute Gasteiger partial charge is 0.444 e. The van der Waals surface area contributed by atoms with Gasteiger partial charge < -0.3 is 20.1 Å². The molecule has 1 aliphatic rings. The van der Waals surface area contributed by atoms with Crippen molar-refractivity contribution in [3.63, 3.8) is 0 Å². The summed E-state index contributed by atoms with van der Waals surface area (Å²) >= 11 is 0. The van der Waals surface area contributed by atoms with Crippen molar-refractivity contribution < 1.29 is 23.6 Å². The zero-order chi connectivity index (χ0) is 22.9. The van der Waals surface area contributed by atoms with E-state index in [2.05, 4.69) is 25.8 Å². The van der Waals surface area contributed by atoms with Crippen LogP contribution in [0.1, 0.15) is 68.2 Å². The first-order valence-corrected chi connectivity index (χ1v) is 10.8. The standard InChI is InChI=1S/C21H41N5O4/c1-15(24-18(27)29-20(3,4)5)13-22-17(26-11-9-10-12-26)23-14-16(2)25-19(28)30-21(6,7)8/h15-16H,9-14H2,1-8H3,(H3,22,23,24,25,27,28)/p+1/t15-,16-/m0/s1. The summed E-state index contributed by atoms with van der Waals surface area (Å²) in [5.41, 5.74) is -1.05. The van der Waals surface area contributed by atoms with Crippen molar-refractivity contribution in [1.29, 1.82) is 0 Å². The first-order chi connectivity index (χ1) is 13.7. The van der Waals surface area contributed by atoms with Crippen LogP contribution in [0.2, 0.25) is 0 Å². The molecule has 9 nitrogen and oxygen atoms in total. The Kier molecular flexibility index (Phi) is 9.71. The van der Waals surface area contributed by atoms with E-state index in [0.717, 1.165) is 31.9 Å². The van der Waals surface area contributed by atoms with Crippen molar-refractivity contribution in [2.24, 2.45) is 0 Å². The summed E-state index contributed by atoms with van der Waals surface area (Å²) in [4.78, 5) is 23.9. The second kappa shape index (κ2) is 11.3. The van der Waals surface area contributed by atoms with Crippen LogP contribution in [0.3, 0.4) is 0 Å². The third-order valence-electron chi connectivity index (χ3n) is 4.10. The number of nitrogens with zero attached hydrogens (tertiary/aromatic N) is 1. The number of nitrogens with one attached hydrogen (secondary N) is 4. The lowest BCUT2D eigenvalue weighted by Gasteiger charge is -2.22. The molecule has 0 aromatic heterocycles. The van der Waals surface area contributed by atoms with E-state index < -0.39 is 23.4 Å². The summed E-state index contributed by atoms with van der Waals surface area (Å²) in [6, 6.07) is -0.229. The molecule has 174 valence electrons. The zero-order valence-corrected chi connectivity index (χ0v) is 20.0. The molecule has 2 amide bonds. The normalized spacial score (nSPS) is 16.3. The van der Waals surface area contributed by atoms with E-state index in [-0.39, 0.29) is 12.1 Å². The van der Waals surface area contributed by atoms with Gasteiger partial charge in [0.1, 0.15) is 11.2 Å². The van der Waals surface area contributed by atoms with Crippen LogP contribution >= 0.6 is 0 Å². The van der Waals surface area contributed by atoms with Gasteiger partial charge in [0.2, 0.25) is 0 Å². The molecule has 0 aliphatic carbocycles. The number of carbonyl (C=O) groups is 2. The Balaban J connectivity index is 2.54. The Bertz CT molecular complexity index is 557. The van der Waals surface area contributed by atoms with E-state index >= 15 is 0 Å². The lowest BCUT2D eigenvalue weighted by molar-refractivity contribution is -0.510. The van der Waals surface area contributed by atoms with E-state index in [1.807, 2.05) is 55.4 Å². The van der Waals surface area contributed by atoms with Gasteiger partial charge in [0.15, 0.2) is 0 Å². The molecule has 0 bridgehead atoms. The molecule has 4 N–H and O–H groups in total. The predicted molar refractivity (Wildman–Crippen MR) is 118 cm³/mol. The van der Waals surface area contributed by atoms with Gasteiger partial charge >= 0.3 is 18.1 Å². The van der Waals surface area contributed by atoms with Gasteiger partial charge in [-0.05, 0) is 68.2 Å². The van der Waals surface area contributed by atoms with Crippen LogP contribution in [0.15, 0.2) is 0 Å². The molecule has 0 aromatic rings. The molecule has 0 unspecified atom stereocenters. The molecule has 0 spiro atoms. The summed E-state index contributed by atoms with van der Waals surface area (Å²) in [6.07, 6.45) is 1.43. The maximum absolute atomic E-state index is 11.9. The molecule has 2 atom stereocenters. The molecule has 1 fully saturated rings. The van der Waals surface area contributed by atoms with Crippen LogP contribution < -0.4 is 21.3 Å². The lowest BCUT2D eigenvalue weighted by Crippen LogP contribution is -2.52. The fraction of sp³-hybridized carbons (Fsp3) is 0.857. The molecule has 30 heavy (non-hydrogen) atoms. The number of guanidine groups is 1. The maximum atomic E-state index is 11.9. The van der Waals surface area contributed by atoms with E-state index in [9.17, 15) is 9.59 Å². The van der Waals surface area contributed by atoms with Crippen molar-refractivity contribution in [2.45, 2.75) is 91.5 Å². The fourth-order valence-corrected chi connectivity index (χ4v) is 2.85. The van der Waals surface area contributed by atoms with Gasteiger partial charge in [-0.15, -0.1) is 0 Å². The highest BCUT2D eigenvalue weighted by atomic mass is 16.6. The number of amides is 2. The topological polar surface area (TPSA) is 104 Å². The molecule has 0 aromatic carbocycles. The maximum Gasteiger partial charge on any atom is 0.407 e. The van der Waals surface area contributed by atoms with Gasteiger partial charge in [-0.1, -0.05) is 0 Å². The first-order valence-electron chi connectivity index (χ1n) is 10.8. The van der Waals surface area contributed by atoms with Gasteiger partial charge in [0.05, 0.1) is 38.3 Å². The number of hydrogen-bond donors (Lipinski definition) is 4. The highest BCUT2D eigenvalue weighted by Crippen LogP contribution is 2.07. The average Bonchev–Trinajstić information content (AvgIpc) is 3.05. The van der Waals surface area contributed by atoms with E-state index in [4.69, 9.17) is 9.47 Å². The summed E-state index contributed by atoms with van der Waals surface area (Å²) in [5, 5.41) is 12.5. The quantitative estimate of drug-likeness (QED) is 0.382. The third-order valence-corrected chi connectivity index (χ3v) is 4.10. The smallest absolute Gasteiger partial charge is 0.407 e. The number of carbonyl (C=O) groups excluding carboxylic acids is 2. The molecule has 1 heterocycles. The molecule has 0 radical (unpaired) electrons. The molecule has 1 saturated heterocycles. The molecule has 0 saturated carbocycles. The van der Waals surface area contributed by atoms with Gasteiger partial charge in [-0.25, -0.2) is 9.59 Å². The first kappa shape index (κ1) is 25.8. The summed E-state index contributed by atoms with van der Waals surface area (Å²) in [5.74, 6) is 0.906. The fourth-order valence-electron chi connectivity index (χ4n) is 2.85. The highest BCUT2D eigenvalue weighted by Gasteiger charge is 2.22. The van der Waals surface area contributed by atoms with E-state index in [1.165, 1.54) is 0 Å². The predicted octanol–water partition coefficient (Wildman–Crippen LogP) is 2.15. The second-order valence-corrected chi connectivity index (χ2v) is 9.90. The van der Waals surface area contributed by atoms with Crippen LogP contribution in [-0.2, 0) is 9.47 Å². The second-order valence-electron chi connectivity index (χ2n) is 9.90. The molecular weight excluding hydrogens is 386 g/mol. The summed E-state index contributed by atoms with van der Waals surface area (Å²) < 4.78 is 12.9. The van der Waals surface area contributed by atoms with Crippen LogP contribution in [0.25, 0.3) is 0 Å². The molecule has 9 heteroatoms. The number of alkyl carbamates (subject to hydrolysis) is 2. The Labute approximate surface area is 181 Å². The van der Waals surface area contributed by atoms with Crippen LogP contribution in [-0.4, -0.2) is 72.2 Å². The number of hydrogen-bond acceptors (Lipinski definition) is 4. The Morgan fingerprint density at radius 3 is 1.50 bits per heavy atom. The number of rotatable bonds is 6. The minimum absolute atomic E-state index is 0.114. The van der Waals surface area contributed by atoms with Gasteiger partial charge in [0, 0.05) is 0 Å². The Hall–Kier alpha value is -2.19. The van der Waals surface area contributed by atoms with Gasteiger partial charge in [0.25, 0.3) is 0 Å². The molecular formula is C21H42N5O4+. The lowest BCUT2D eigenvalue weighted by atomic mass is 10.2. The molecule has 1 rings (SSSR count). The minimum atomic E-state index is -0.525. The van der Waals surface area contributed by atoms with Crippen molar-refractivity contribution >= 4 is 18.1 Å². The van der Waals surface area contributed by atoms with Gasteiger partial charge in [-0.2, -0.15) is 0 Å². The van der Waals surface area contributed by atoms with Crippen LogP contribution in [0.4, 0.5) is 9.59 Å². The van der Waals surface area contributed by atoms with E-state index in [1.54, 1.807) is 0 Å². The van der Waals surface area contributed by atoms with Crippen molar-refractivity contribution in [3.8, 4) is 0 Å². The summed E-state index contributed by atoms with van der Waals surface area (Å²) in [6.45, 7) is 17.9. The summed E-state index contributed by atoms with van der Waals surface area (Å²) in [7, 11) is 0. The van der Waals surface area contributed by atoms with Crippen LogP contribution in [0.5, 0.6) is 0 Å². The average molecular weight is 429 g/mol. The monoisotopic (exact) mass is 428 g/mol. The molecule has 1 aliphatic heterocycles. The van der Waals surface area contributed by atoms with E-state index in [0.29, 0.717) is 13.1 Å².